The monoisotopic (exact) mass is 283 g/mol. The van der Waals surface area contributed by atoms with Crippen LogP contribution in [0.25, 0.3) is 0 Å². The molecule has 0 atom stereocenters. The predicted molar refractivity (Wildman–Crippen MR) is 80.6 cm³/mol. The molecule has 0 aliphatic heterocycles. The molecule has 0 aliphatic rings. The van der Waals surface area contributed by atoms with Gasteiger partial charge in [-0.3, -0.25) is 0 Å². The van der Waals surface area contributed by atoms with Gasteiger partial charge in [-0.05, 0) is 40.9 Å². The molecule has 0 saturated carbocycles. The second-order valence-electron chi connectivity index (χ2n) is 5.91. The van der Waals surface area contributed by atoms with Crippen LogP contribution in [-0.4, -0.2) is 59.3 Å². The molecule has 1 aromatic heterocycles. The van der Waals surface area contributed by atoms with E-state index in [0.29, 0.717) is 13.2 Å². The lowest BCUT2D eigenvalue weighted by Gasteiger charge is -2.32. The van der Waals surface area contributed by atoms with Gasteiger partial charge in [0.05, 0.1) is 25.5 Å². The third-order valence-electron chi connectivity index (χ3n) is 3.45. The highest BCUT2D eigenvalue weighted by molar-refractivity contribution is 4.91. The fourth-order valence-corrected chi connectivity index (χ4v) is 1.53. The highest BCUT2D eigenvalue weighted by Gasteiger charge is 2.20. The Kier molecular flexibility index (Phi) is 7.12. The molecular formula is C14H29N5O. The second-order valence-corrected chi connectivity index (χ2v) is 5.91. The summed E-state index contributed by atoms with van der Waals surface area (Å²) in [4.78, 5) is 2.17. The molecule has 116 valence electrons. The van der Waals surface area contributed by atoms with Gasteiger partial charge in [0.25, 0.3) is 0 Å². The van der Waals surface area contributed by atoms with Gasteiger partial charge < -0.3 is 15.0 Å². The largest absolute Gasteiger partial charge is 0.378 e. The first kappa shape index (κ1) is 17.1. The van der Waals surface area contributed by atoms with Crippen LogP contribution < -0.4 is 5.32 Å². The van der Waals surface area contributed by atoms with Crippen molar-refractivity contribution in [1.29, 1.82) is 0 Å². The maximum Gasteiger partial charge on any atom is 0.0964 e. The molecule has 1 heterocycles. The molecule has 20 heavy (non-hydrogen) atoms. The minimum absolute atomic E-state index is 0.0532. The van der Waals surface area contributed by atoms with Crippen LogP contribution in [0.2, 0.25) is 0 Å². The summed E-state index contributed by atoms with van der Waals surface area (Å²) in [6.07, 6.45) is 3.10. The molecule has 0 spiro atoms. The molecule has 6 heteroatoms. The smallest absolute Gasteiger partial charge is 0.0964 e. The van der Waals surface area contributed by atoms with E-state index in [1.165, 1.54) is 0 Å². The highest BCUT2D eigenvalue weighted by Crippen LogP contribution is 2.09. The standard InChI is InChI=1S/C14H29N5O/c1-6-7-15-10-13-11-19(17-16-13)8-9-20-12-14(2,3)18(4)5/h11,15H,6-10,12H2,1-5H3. The van der Waals surface area contributed by atoms with E-state index in [4.69, 9.17) is 4.74 Å². The van der Waals surface area contributed by atoms with Crippen molar-refractivity contribution in [2.45, 2.75) is 45.8 Å². The Bertz CT molecular complexity index is 375. The topological polar surface area (TPSA) is 55.2 Å². The summed E-state index contributed by atoms with van der Waals surface area (Å²) < 4.78 is 7.56. The van der Waals surface area contributed by atoms with E-state index in [1.54, 1.807) is 0 Å². The molecule has 1 aromatic rings. The van der Waals surface area contributed by atoms with Crippen molar-refractivity contribution in [2.75, 3.05) is 33.9 Å². The third-order valence-corrected chi connectivity index (χ3v) is 3.45. The summed E-state index contributed by atoms with van der Waals surface area (Å²) in [6.45, 7) is 10.4. The lowest BCUT2D eigenvalue weighted by atomic mass is 10.1. The number of likely N-dealkylation sites (N-methyl/N-ethyl adjacent to an activating group) is 1. The number of hydrogen-bond acceptors (Lipinski definition) is 5. The van der Waals surface area contributed by atoms with Gasteiger partial charge in [-0.25, -0.2) is 4.68 Å². The minimum Gasteiger partial charge on any atom is -0.378 e. The quantitative estimate of drug-likeness (QED) is 0.653. The van der Waals surface area contributed by atoms with Gasteiger partial charge in [0.15, 0.2) is 0 Å². The Morgan fingerprint density at radius 1 is 1.40 bits per heavy atom. The molecule has 6 nitrogen and oxygen atoms in total. The molecule has 0 aliphatic carbocycles. The predicted octanol–water partition coefficient (Wildman–Crippen LogP) is 1.13. The van der Waals surface area contributed by atoms with Crippen LogP contribution in [-0.2, 0) is 17.8 Å². The summed E-state index contributed by atoms with van der Waals surface area (Å²) in [7, 11) is 4.13. The summed E-state index contributed by atoms with van der Waals surface area (Å²) >= 11 is 0. The van der Waals surface area contributed by atoms with Crippen molar-refractivity contribution in [3.8, 4) is 0 Å². The van der Waals surface area contributed by atoms with Crippen LogP contribution in [0, 0.1) is 0 Å². The van der Waals surface area contributed by atoms with Gasteiger partial charge in [-0.2, -0.15) is 0 Å². The zero-order valence-corrected chi connectivity index (χ0v) is 13.5. The maximum atomic E-state index is 5.73. The normalized spacial score (nSPS) is 12.3. The van der Waals surface area contributed by atoms with E-state index in [-0.39, 0.29) is 5.54 Å². The van der Waals surface area contributed by atoms with Crippen LogP contribution in [0.4, 0.5) is 0 Å². The van der Waals surface area contributed by atoms with Crippen molar-refractivity contribution < 1.29 is 4.74 Å². The van der Waals surface area contributed by atoms with Crippen molar-refractivity contribution in [2.24, 2.45) is 0 Å². The van der Waals surface area contributed by atoms with Gasteiger partial charge >= 0.3 is 0 Å². The minimum atomic E-state index is 0.0532. The van der Waals surface area contributed by atoms with E-state index in [2.05, 4.69) is 55.4 Å². The van der Waals surface area contributed by atoms with Gasteiger partial charge in [-0.1, -0.05) is 12.1 Å². The number of hydrogen-bond donors (Lipinski definition) is 1. The van der Waals surface area contributed by atoms with Gasteiger partial charge in [-0.15, -0.1) is 5.10 Å². The zero-order chi connectivity index (χ0) is 15.0. The Hall–Kier alpha value is -0.980. The lowest BCUT2D eigenvalue weighted by molar-refractivity contribution is 0.0317. The first-order valence-corrected chi connectivity index (χ1v) is 7.30. The van der Waals surface area contributed by atoms with Gasteiger partial charge in [0, 0.05) is 18.3 Å². The first-order chi connectivity index (χ1) is 9.45. The first-order valence-electron chi connectivity index (χ1n) is 7.30. The van der Waals surface area contributed by atoms with Gasteiger partial charge in [0.1, 0.15) is 0 Å². The van der Waals surface area contributed by atoms with Crippen LogP contribution in [0.1, 0.15) is 32.9 Å². The molecule has 0 fully saturated rings. The number of rotatable bonds is 10. The van der Waals surface area contributed by atoms with Crippen LogP contribution in [0.5, 0.6) is 0 Å². The van der Waals surface area contributed by atoms with E-state index in [0.717, 1.165) is 31.7 Å². The summed E-state index contributed by atoms with van der Waals surface area (Å²) in [6, 6.07) is 0. The van der Waals surface area contributed by atoms with Crippen molar-refractivity contribution >= 4 is 0 Å². The molecule has 0 aromatic carbocycles. The summed E-state index contributed by atoms with van der Waals surface area (Å²) in [5, 5.41) is 11.5. The average Bonchev–Trinajstić information content (AvgIpc) is 2.83. The van der Waals surface area contributed by atoms with Crippen molar-refractivity contribution in [3.05, 3.63) is 11.9 Å². The third kappa shape index (κ3) is 5.98. The maximum absolute atomic E-state index is 5.73. The Morgan fingerprint density at radius 2 is 2.15 bits per heavy atom. The second kappa shape index (κ2) is 8.34. The zero-order valence-electron chi connectivity index (χ0n) is 13.5. The Morgan fingerprint density at radius 3 is 2.80 bits per heavy atom. The number of aromatic nitrogens is 3. The average molecular weight is 283 g/mol. The summed E-state index contributed by atoms with van der Waals surface area (Å²) in [5.74, 6) is 0. The molecule has 1 rings (SSSR count). The number of nitrogens with one attached hydrogen (secondary N) is 1. The van der Waals surface area contributed by atoms with Crippen LogP contribution in [0.3, 0.4) is 0 Å². The van der Waals surface area contributed by atoms with Crippen LogP contribution in [0.15, 0.2) is 6.20 Å². The molecule has 1 N–H and O–H groups in total. The van der Waals surface area contributed by atoms with E-state index in [1.807, 2.05) is 10.9 Å². The molecule has 0 amide bonds. The van der Waals surface area contributed by atoms with Crippen molar-refractivity contribution in [1.82, 2.24) is 25.2 Å². The molecular weight excluding hydrogens is 254 g/mol. The van der Waals surface area contributed by atoms with Gasteiger partial charge in [0.2, 0.25) is 0 Å². The highest BCUT2D eigenvalue weighted by atomic mass is 16.5. The molecule has 0 radical (unpaired) electrons. The Labute approximate surface area is 122 Å². The molecule has 0 bridgehead atoms. The fourth-order valence-electron chi connectivity index (χ4n) is 1.53. The van der Waals surface area contributed by atoms with Crippen LogP contribution >= 0.6 is 0 Å². The number of nitrogens with zero attached hydrogens (tertiary/aromatic N) is 4. The molecule has 0 saturated heterocycles. The number of ether oxygens (including phenoxy) is 1. The fraction of sp³-hybridized carbons (Fsp3) is 0.857. The van der Waals surface area contributed by atoms with Crippen molar-refractivity contribution in [3.63, 3.8) is 0 Å². The van der Waals surface area contributed by atoms with E-state index in [9.17, 15) is 0 Å². The van der Waals surface area contributed by atoms with E-state index < -0.39 is 0 Å². The van der Waals surface area contributed by atoms with E-state index >= 15 is 0 Å². The molecule has 0 unspecified atom stereocenters. The Balaban J connectivity index is 2.22. The SMILES string of the molecule is CCCNCc1cn(CCOCC(C)(C)N(C)C)nn1. The lowest BCUT2D eigenvalue weighted by Crippen LogP contribution is -2.42. The summed E-state index contributed by atoms with van der Waals surface area (Å²) in [5.41, 5.74) is 1.03.